The zero-order valence-electron chi connectivity index (χ0n) is 13.5. The molecule has 2 saturated heterocycles. The molecule has 3 aliphatic rings. The van der Waals surface area contributed by atoms with Crippen LogP contribution in [0, 0.1) is 11.7 Å². The van der Waals surface area contributed by atoms with Crippen LogP contribution in [0.25, 0.3) is 0 Å². The first-order valence-electron chi connectivity index (χ1n) is 8.57. The summed E-state index contributed by atoms with van der Waals surface area (Å²) in [6, 6.07) is 6.67. The number of likely N-dealkylation sites (tertiary alicyclic amines) is 1. The number of halogens is 1. The number of hydrogen-bond donors (Lipinski definition) is 0. The Hall–Kier alpha value is -1.95. The first-order chi connectivity index (χ1) is 11.6. The molecule has 0 radical (unpaired) electrons. The molecule has 1 aromatic carbocycles. The highest BCUT2D eigenvalue weighted by atomic mass is 19.1. The van der Waals surface area contributed by atoms with Crippen LogP contribution in [0.3, 0.4) is 0 Å². The molecular weight excluding hydrogens is 311 g/mol. The number of carbonyl (C=O) groups is 2. The molecular formula is C18H21FN2O3. The van der Waals surface area contributed by atoms with Crippen LogP contribution in [-0.4, -0.2) is 53.9 Å². The quantitative estimate of drug-likeness (QED) is 0.847. The predicted octanol–water partition coefficient (Wildman–Crippen LogP) is 1.74. The number of nitrogens with zero attached hydrogens (tertiary/aromatic N) is 2. The molecule has 6 heteroatoms. The van der Waals surface area contributed by atoms with E-state index in [-0.39, 0.29) is 29.7 Å². The number of ether oxygens (including phenoxy) is 1. The zero-order valence-corrected chi connectivity index (χ0v) is 13.5. The van der Waals surface area contributed by atoms with E-state index in [0.29, 0.717) is 38.7 Å². The Labute approximate surface area is 140 Å². The van der Waals surface area contributed by atoms with Crippen molar-refractivity contribution in [3.05, 3.63) is 35.6 Å². The molecule has 1 aliphatic carbocycles. The lowest BCUT2D eigenvalue weighted by Crippen LogP contribution is -2.45. The highest BCUT2D eigenvalue weighted by Crippen LogP contribution is 2.33. The van der Waals surface area contributed by atoms with E-state index < -0.39 is 0 Å². The fourth-order valence-corrected chi connectivity index (χ4v) is 3.65. The minimum Gasteiger partial charge on any atom is -0.370 e. The molecule has 1 aromatic rings. The minimum absolute atomic E-state index is 0.0243. The van der Waals surface area contributed by atoms with E-state index in [0.717, 1.165) is 18.4 Å². The number of benzene rings is 1. The summed E-state index contributed by atoms with van der Waals surface area (Å²) in [5, 5.41) is 0. The monoisotopic (exact) mass is 332 g/mol. The minimum atomic E-state index is -0.310. The third-order valence-corrected chi connectivity index (χ3v) is 5.09. The Morgan fingerprint density at radius 1 is 1.25 bits per heavy atom. The van der Waals surface area contributed by atoms with Crippen molar-refractivity contribution in [2.24, 2.45) is 5.92 Å². The second-order valence-electron chi connectivity index (χ2n) is 6.88. The van der Waals surface area contributed by atoms with Gasteiger partial charge < -0.3 is 14.5 Å². The Morgan fingerprint density at radius 3 is 2.83 bits per heavy atom. The second kappa shape index (κ2) is 6.16. The molecule has 128 valence electrons. The summed E-state index contributed by atoms with van der Waals surface area (Å²) in [5.41, 5.74) is 0.745. The van der Waals surface area contributed by atoms with Crippen LogP contribution in [0.2, 0.25) is 0 Å². The van der Waals surface area contributed by atoms with E-state index in [2.05, 4.69) is 0 Å². The van der Waals surface area contributed by atoms with Crippen LogP contribution in [-0.2, 0) is 14.3 Å². The van der Waals surface area contributed by atoms with Gasteiger partial charge in [0.1, 0.15) is 11.9 Å². The Morgan fingerprint density at radius 2 is 2.08 bits per heavy atom. The van der Waals surface area contributed by atoms with Gasteiger partial charge in [0.05, 0.1) is 19.1 Å². The normalized spacial score (nSPS) is 27.6. The van der Waals surface area contributed by atoms with Crippen LogP contribution < -0.4 is 0 Å². The van der Waals surface area contributed by atoms with Gasteiger partial charge in [0, 0.05) is 25.6 Å². The number of morpholine rings is 1. The maximum Gasteiger partial charge on any atom is 0.228 e. The van der Waals surface area contributed by atoms with Crippen molar-refractivity contribution >= 4 is 11.8 Å². The van der Waals surface area contributed by atoms with Crippen molar-refractivity contribution in [1.29, 1.82) is 0 Å². The third-order valence-electron chi connectivity index (χ3n) is 5.09. The predicted molar refractivity (Wildman–Crippen MR) is 84.5 cm³/mol. The summed E-state index contributed by atoms with van der Waals surface area (Å²) in [4.78, 5) is 28.5. The van der Waals surface area contributed by atoms with Crippen LogP contribution in [0.1, 0.15) is 30.9 Å². The summed E-state index contributed by atoms with van der Waals surface area (Å²) >= 11 is 0. The van der Waals surface area contributed by atoms with Crippen molar-refractivity contribution in [3.63, 3.8) is 0 Å². The SMILES string of the molecule is O=C([C@@H]1CC(=O)N(C2CC2)C1)N1CCO[C@H](c2cccc(F)c2)C1. The molecule has 3 fully saturated rings. The first kappa shape index (κ1) is 15.6. The second-order valence-corrected chi connectivity index (χ2v) is 6.88. The van der Waals surface area contributed by atoms with Crippen LogP contribution in [0.4, 0.5) is 4.39 Å². The van der Waals surface area contributed by atoms with Gasteiger partial charge >= 0.3 is 0 Å². The molecule has 2 heterocycles. The Kier molecular flexibility index (Phi) is 4.00. The van der Waals surface area contributed by atoms with Gasteiger partial charge in [-0.05, 0) is 30.5 Å². The highest BCUT2D eigenvalue weighted by molar-refractivity contribution is 5.89. The molecule has 0 unspecified atom stereocenters. The molecule has 2 amide bonds. The number of rotatable bonds is 3. The van der Waals surface area contributed by atoms with Crippen molar-refractivity contribution in [3.8, 4) is 0 Å². The van der Waals surface area contributed by atoms with Crippen molar-refractivity contribution in [2.75, 3.05) is 26.2 Å². The maximum atomic E-state index is 13.4. The van der Waals surface area contributed by atoms with Gasteiger partial charge in [-0.15, -0.1) is 0 Å². The largest absolute Gasteiger partial charge is 0.370 e. The smallest absolute Gasteiger partial charge is 0.228 e. The lowest BCUT2D eigenvalue weighted by Gasteiger charge is -2.34. The van der Waals surface area contributed by atoms with Gasteiger partial charge in [0.15, 0.2) is 0 Å². The number of carbonyl (C=O) groups excluding carboxylic acids is 2. The van der Waals surface area contributed by atoms with Gasteiger partial charge in [0.2, 0.25) is 11.8 Å². The lowest BCUT2D eigenvalue weighted by molar-refractivity contribution is -0.143. The van der Waals surface area contributed by atoms with Crippen molar-refractivity contribution in [2.45, 2.75) is 31.4 Å². The van der Waals surface area contributed by atoms with Gasteiger partial charge in [-0.3, -0.25) is 9.59 Å². The summed E-state index contributed by atoms with van der Waals surface area (Å²) in [6.45, 7) is 1.92. The first-order valence-corrected chi connectivity index (χ1v) is 8.57. The Bertz CT molecular complexity index is 661. The highest BCUT2D eigenvalue weighted by Gasteiger charge is 2.43. The summed E-state index contributed by atoms with van der Waals surface area (Å²) in [7, 11) is 0. The van der Waals surface area contributed by atoms with Crippen LogP contribution in [0.5, 0.6) is 0 Å². The van der Waals surface area contributed by atoms with E-state index in [1.807, 2.05) is 11.0 Å². The Balaban J connectivity index is 1.42. The van der Waals surface area contributed by atoms with Crippen molar-refractivity contribution in [1.82, 2.24) is 9.80 Å². The van der Waals surface area contributed by atoms with Gasteiger partial charge in [-0.1, -0.05) is 12.1 Å². The fourth-order valence-electron chi connectivity index (χ4n) is 3.65. The summed E-state index contributed by atoms with van der Waals surface area (Å²) in [5.74, 6) is -0.424. The van der Waals surface area contributed by atoms with Gasteiger partial charge in [-0.2, -0.15) is 0 Å². The third kappa shape index (κ3) is 3.02. The number of hydrogen-bond acceptors (Lipinski definition) is 3. The standard InChI is InChI=1S/C18H21FN2O3/c19-14-3-1-2-12(8-14)16-11-20(6-7-24-16)18(23)13-9-17(22)21(10-13)15-4-5-15/h1-3,8,13,15-16H,4-7,9-11H2/t13-,16+/m1/s1. The molecule has 2 aliphatic heterocycles. The van der Waals surface area contributed by atoms with Crippen LogP contribution >= 0.6 is 0 Å². The lowest BCUT2D eigenvalue weighted by atomic mass is 10.0. The molecule has 2 atom stereocenters. The molecule has 4 rings (SSSR count). The molecule has 0 N–H and O–H groups in total. The molecule has 5 nitrogen and oxygen atoms in total. The zero-order chi connectivity index (χ0) is 16.7. The van der Waals surface area contributed by atoms with E-state index >= 15 is 0 Å². The average Bonchev–Trinajstić information content (AvgIpc) is 3.36. The number of amides is 2. The molecule has 0 spiro atoms. The van der Waals surface area contributed by atoms with Gasteiger partial charge in [-0.25, -0.2) is 4.39 Å². The molecule has 24 heavy (non-hydrogen) atoms. The molecule has 1 saturated carbocycles. The van der Waals surface area contributed by atoms with E-state index in [1.54, 1.807) is 11.0 Å². The topological polar surface area (TPSA) is 49.9 Å². The molecule has 0 bridgehead atoms. The van der Waals surface area contributed by atoms with E-state index in [1.165, 1.54) is 12.1 Å². The summed E-state index contributed by atoms with van der Waals surface area (Å²) in [6.07, 6.45) is 2.13. The molecule has 0 aromatic heterocycles. The fraction of sp³-hybridized carbons (Fsp3) is 0.556. The average molecular weight is 332 g/mol. The summed E-state index contributed by atoms with van der Waals surface area (Å²) < 4.78 is 19.1. The van der Waals surface area contributed by atoms with Crippen LogP contribution in [0.15, 0.2) is 24.3 Å². The van der Waals surface area contributed by atoms with E-state index in [4.69, 9.17) is 4.74 Å². The van der Waals surface area contributed by atoms with Gasteiger partial charge in [0.25, 0.3) is 0 Å². The van der Waals surface area contributed by atoms with Crippen molar-refractivity contribution < 1.29 is 18.7 Å². The van der Waals surface area contributed by atoms with E-state index in [9.17, 15) is 14.0 Å². The maximum absolute atomic E-state index is 13.4.